The topological polar surface area (TPSA) is 39.7 Å². The molecule has 0 bridgehead atoms. The summed E-state index contributed by atoms with van der Waals surface area (Å²) in [6, 6.07) is 9.05. The normalized spacial score (nSPS) is 22.0. The second-order valence-electron chi connectivity index (χ2n) is 6.22. The number of nitrogens with zero attached hydrogens (tertiary/aromatic N) is 2. The molecule has 5 heteroatoms. The first-order valence-electron chi connectivity index (χ1n) is 8.30. The zero-order valence-electron chi connectivity index (χ0n) is 13.2. The zero-order valence-corrected chi connectivity index (χ0v) is 14.8. The Balaban J connectivity index is 1.54. The Morgan fingerprint density at radius 3 is 2.73 bits per heavy atom. The third-order valence-electron chi connectivity index (χ3n) is 4.27. The van der Waals surface area contributed by atoms with Gasteiger partial charge in [-0.1, -0.05) is 15.9 Å². The molecule has 120 valence electrons. The Morgan fingerprint density at radius 2 is 2.05 bits per heavy atom. The number of guanidine groups is 1. The SMILES string of the molecule is CCNC(=NCC1CC1)NC1CCN(c2ccc(Br)cc2)C1. The van der Waals surface area contributed by atoms with Crippen LogP contribution in [0.1, 0.15) is 26.2 Å². The monoisotopic (exact) mass is 364 g/mol. The van der Waals surface area contributed by atoms with Crippen LogP contribution in [0.4, 0.5) is 5.69 Å². The van der Waals surface area contributed by atoms with Gasteiger partial charge >= 0.3 is 0 Å². The maximum absolute atomic E-state index is 4.72. The van der Waals surface area contributed by atoms with Gasteiger partial charge in [-0.25, -0.2) is 0 Å². The number of halogens is 1. The fourth-order valence-electron chi connectivity index (χ4n) is 2.80. The summed E-state index contributed by atoms with van der Waals surface area (Å²) in [4.78, 5) is 7.16. The molecular weight excluding hydrogens is 340 g/mol. The fourth-order valence-corrected chi connectivity index (χ4v) is 3.06. The van der Waals surface area contributed by atoms with Gasteiger partial charge in [0, 0.05) is 42.4 Å². The third-order valence-corrected chi connectivity index (χ3v) is 4.80. The second-order valence-corrected chi connectivity index (χ2v) is 7.13. The molecule has 22 heavy (non-hydrogen) atoms. The van der Waals surface area contributed by atoms with Gasteiger partial charge < -0.3 is 15.5 Å². The van der Waals surface area contributed by atoms with E-state index in [9.17, 15) is 0 Å². The Kier molecular flexibility index (Phi) is 5.24. The van der Waals surface area contributed by atoms with E-state index in [2.05, 4.69) is 62.7 Å². The van der Waals surface area contributed by atoms with Crippen LogP contribution in [0.15, 0.2) is 33.7 Å². The molecule has 2 fully saturated rings. The first kappa shape index (κ1) is 15.7. The molecule has 0 spiro atoms. The van der Waals surface area contributed by atoms with Crippen molar-refractivity contribution in [1.82, 2.24) is 10.6 Å². The summed E-state index contributed by atoms with van der Waals surface area (Å²) in [6.07, 6.45) is 3.86. The van der Waals surface area contributed by atoms with Crippen LogP contribution >= 0.6 is 15.9 Å². The lowest BCUT2D eigenvalue weighted by atomic mass is 10.3. The van der Waals surface area contributed by atoms with Gasteiger partial charge in [-0.15, -0.1) is 0 Å². The molecule has 0 radical (unpaired) electrons. The van der Waals surface area contributed by atoms with Gasteiger partial charge in [-0.05, 0) is 56.4 Å². The van der Waals surface area contributed by atoms with Gasteiger partial charge in [0.25, 0.3) is 0 Å². The van der Waals surface area contributed by atoms with Gasteiger partial charge in [0.1, 0.15) is 0 Å². The average molecular weight is 365 g/mol. The zero-order chi connectivity index (χ0) is 15.4. The van der Waals surface area contributed by atoms with Gasteiger partial charge in [-0.2, -0.15) is 0 Å². The Hall–Kier alpha value is -1.23. The standard InChI is InChI=1S/C17H25BrN4/c1-2-19-17(20-11-13-3-4-13)21-15-9-10-22(12-15)16-7-5-14(18)6-8-16/h5-8,13,15H,2-4,9-12H2,1H3,(H2,19,20,21). The van der Waals surface area contributed by atoms with Gasteiger partial charge in [0.05, 0.1) is 0 Å². The van der Waals surface area contributed by atoms with E-state index >= 15 is 0 Å². The molecule has 1 aliphatic carbocycles. The lowest BCUT2D eigenvalue weighted by Gasteiger charge is -2.20. The Bertz CT molecular complexity index is 510. The first-order chi connectivity index (χ1) is 10.7. The van der Waals surface area contributed by atoms with Crippen molar-refractivity contribution in [2.24, 2.45) is 10.9 Å². The largest absolute Gasteiger partial charge is 0.369 e. The predicted octanol–water partition coefficient (Wildman–Crippen LogP) is 2.99. The summed E-state index contributed by atoms with van der Waals surface area (Å²) in [6.45, 7) is 6.14. The molecule has 4 nitrogen and oxygen atoms in total. The van der Waals surface area contributed by atoms with Gasteiger partial charge in [0.2, 0.25) is 0 Å². The molecule has 1 aromatic rings. The molecule has 1 saturated carbocycles. The number of hydrogen-bond acceptors (Lipinski definition) is 2. The number of nitrogens with one attached hydrogen (secondary N) is 2. The quantitative estimate of drug-likeness (QED) is 0.623. The van der Waals surface area contributed by atoms with Crippen molar-refractivity contribution in [3.05, 3.63) is 28.7 Å². The second kappa shape index (κ2) is 7.36. The van der Waals surface area contributed by atoms with E-state index < -0.39 is 0 Å². The highest BCUT2D eigenvalue weighted by atomic mass is 79.9. The molecule has 1 unspecified atom stereocenters. The molecule has 1 atom stereocenters. The van der Waals surface area contributed by atoms with E-state index in [4.69, 9.17) is 4.99 Å². The molecular formula is C17H25BrN4. The van der Waals surface area contributed by atoms with Crippen molar-refractivity contribution in [2.45, 2.75) is 32.2 Å². The number of aliphatic imine (C=N–C) groups is 1. The van der Waals surface area contributed by atoms with Crippen LogP contribution in [0.3, 0.4) is 0 Å². The summed E-state index contributed by atoms with van der Waals surface area (Å²) in [7, 11) is 0. The minimum Gasteiger partial charge on any atom is -0.369 e. The summed E-state index contributed by atoms with van der Waals surface area (Å²) in [5, 5.41) is 6.97. The van der Waals surface area contributed by atoms with E-state index in [1.165, 1.54) is 18.5 Å². The molecule has 3 rings (SSSR count). The van der Waals surface area contributed by atoms with Crippen molar-refractivity contribution >= 4 is 27.6 Å². The third kappa shape index (κ3) is 4.38. The van der Waals surface area contributed by atoms with E-state index in [1.54, 1.807) is 0 Å². The van der Waals surface area contributed by atoms with Gasteiger partial charge in [0.15, 0.2) is 5.96 Å². The van der Waals surface area contributed by atoms with Crippen LogP contribution in [0.5, 0.6) is 0 Å². The molecule has 0 amide bonds. The molecule has 1 saturated heterocycles. The van der Waals surface area contributed by atoms with Crippen molar-refractivity contribution in [3.63, 3.8) is 0 Å². The van der Waals surface area contributed by atoms with Crippen molar-refractivity contribution in [2.75, 3.05) is 31.1 Å². The highest BCUT2D eigenvalue weighted by Crippen LogP contribution is 2.28. The number of anilines is 1. The van der Waals surface area contributed by atoms with Crippen molar-refractivity contribution in [3.8, 4) is 0 Å². The summed E-state index contributed by atoms with van der Waals surface area (Å²) >= 11 is 3.49. The van der Waals surface area contributed by atoms with E-state index in [-0.39, 0.29) is 0 Å². The molecule has 1 heterocycles. The minimum absolute atomic E-state index is 0.473. The summed E-state index contributed by atoms with van der Waals surface area (Å²) in [5.41, 5.74) is 1.30. The molecule has 0 aromatic heterocycles. The van der Waals surface area contributed by atoms with E-state index in [0.717, 1.165) is 49.0 Å². The van der Waals surface area contributed by atoms with Crippen LogP contribution in [-0.4, -0.2) is 38.2 Å². The van der Waals surface area contributed by atoms with Crippen molar-refractivity contribution < 1.29 is 0 Å². The first-order valence-corrected chi connectivity index (χ1v) is 9.09. The number of rotatable bonds is 5. The number of hydrogen-bond donors (Lipinski definition) is 2. The fraction of sp³-hybridized carbons (Fsp3) is 0.588. The minimum atomic E-state index is 0.473. The molecule has 2 N–H and O–H groups in total. The highest BCUT2D eigenvalue weighted by molar-refractivity contribution is 9.10. The van der Waals surface area contributed by atoms with Crippen LogP contribution in [0, 0.1) is 5.92 Å². The Morgan fingerprint density at radius 1 is 1.27 bits per heavy atom. The summed E-state index contributed by atoms with van der Waals surface area (Å²) in [5.74, 6) is 1.82. The van der Waals surface area contributed by atoms with E-state index in [1.807, 2.05) is 0 Å². The summed E-state index contributed by atoms with van der Waals surface area (Å²) < 4.78 is 1.13. The lowest BCUT2D eigenvalue weighted by molar-refractivity contribution is 0.647. The lowest BCUT2D eigenvalue weighted by Crippen LogP contribution is -2.44. The highest BCUT2D eigenvalue weighted by Gasteiger charge is 2.24. The molecule has 1 aliphatic heterocycles. The van der Waals surface area contributed by atoms with Crippen LogP contribution < -0.4 is 15.5 Å². The molecule has 1 aromatic carbocycles. The van der Waals surface area contributed by atoms with Crippen LogP contribution in [0.2, 0.25) is 0 Å². The van der Waals surface area contributed by atoms with Gasteiger partial charge in [-0.3, -0.25) is 4.99 Å². The maximum Gasteiger partial charge on any atom is 0.191 e. The van der Waals surface area contributed by atoms with Crippen LogP contribution in [0.25, 0.3) is 0 Å². The smallest absolute Gasteiger partial charge is 0.191 e. The predicted molar refractivity (Wildman–Crippen MR) is 96.6 cm³/mol. The van der Waals surface area contributed by atoms with Crippen LogP contribution in [-0.2, 0) is 0 Å². The number of benzene rings is 1. The Labute approximate surface area is 141 Å². The maximum atomic E-state index is 4.72. The van der Waals surface area contributed by atoms with E-state index in [0.29, 0.717) is 6.04 Å². The molecule has 2 aliphatic rings. The van der Waals surface area contributed by atoms with Crippen molar-refractivity contribution in [1.29, 1.82) is 0 Å². The average Bonchev–Trinajstić information content (AvgIpc) is 3.24.